The number of carbonyl (C=O) groups excluding carboxylic acids is 1. The Labute approximate surface area is 125 Å². The van der Waals surface area contributed by atoms with Gasteiger partial charge in [0, 0.05) is 12.2 Å². The Bertz CT molecular complexity index is 617. The van der Waals surface area contributed by atoms with Gasteiger partial charge in [-0.3, -0.25) is 4.79 Å². The zero-order valence-corrected chi connectivity index (χ0v) is 12.8. The molecule has 0 saturated heterocycles. The van der Waals surface area contributed by atoms with Crippen molar-refractivity contribution in [1.29, 1.82) is 0 Å². The summed E-state index contributed by atoms with van der Waals surface area (Å²) in [6.45, 7) is 2.43. The van der Waals surface area contributed by atoms with Gasteiger partial charge in [0.1, 0.15) is 16.1 Å². The number of nitrogens with zero attached hydrogens (tertiary/aromatic N) is 2. The molecule has 1 aliphatic carbocycles. The number of carbonyl (C=O) groups is 1. The fraction of sp³-hybridized carbons (Fsp3) is 0.333. The van der Waals surface area contributed by atoms with E-state index in [0.29, 0.717) is 18.2 Å². The maximum absolute atomic E-state index is 12.6. The molecule has 1 amide bonds. The largest absolute Gasteiger partial charge is 0.464 e. The number of aromatic nitrogens is 1. The summed E-state index contributed by atoms with van der Waals surface area (Å²) in [6, 6.07) is 7.76. The number of amides is 1. The molecule has 0 unspecified atom stereocenters. The molecule has 0 spiro atoms. The van der Waals surface area contributed by atoms with Gasteiger partial charge in [0.05, 0.1) is 12.1 Å². The fourth-order valence-corrected chi connectivity index (χ4v) is 2.39. The first-order valence-corrected chi connectivity index (χ1v) is 7.40. The maximum Gasteiger partial charge on any atom is 0.256 e. The third kappa shape index (κ3) is 2.93. The highest BCUT2D eigenvalue weighted by Crippen LogP contribution is 2.30. The molecule has 0 aromatic carbocycles. The van der Waals surface area contributed by atoms with E-state index in [0.717, 1.165) is 29.0 Å². The number of hydrogen-bond acceptors (Lipinski definition) is 3. The molecule has 3 rings (SSSR count). The minimum atomic E-state index is 0.0153. The number of furan rings is 1. The topological polar surface area (TPSA) is 46.3 Å². The van der Waals surface area contributed by atoms with Crippen molar-refractivity contribution in [2.45, 2.75) is 32.4 Å². The van der Waals surface area contributed by atoms with Crippen LogP contribution in [0.1, 0.15) is 34.7 Å². The molecule has 4 nitrogen and oxygen atoms in total. The van der Waals surface area contributed by atoms with E-state index in [-0.39, 0.29) is 5.91 Å². The SMILES string of the molecule is Cc1ccc(CN(C(=O)c2ccc(Br)nc2)C2CC2)o1. The summed E-state index contributed by atoms with van der Waals surface area (Å²) in [5.74, 6) is 1.71. The van der Waals surface area contributed by atoms with Crippen molar-refractivity contribution < 1.29 is 9.21 Å². The molecule has 5 heteroatoms. The Morgan fingerprint density at radius 1 is 1.40 bits per heavy atom. The first kappa shape index (κ1) is 13.4. The molecule has 1 saturated carbocycles. The van der Waals surface area contributed by atoms with Gasteiger partial charge in [0.2, 0.25) is 0 Å². The van der Waals surface area contributed by atoms with Gasteiger partial charge in [-0.05, 0) is 60.0 Å². The van der Waals surface area contributed by atoms with E-state index < -0.39 is 0 Å². The van der Waals surface area contributed by atoms with Gasteiger partial charge in [-0.25, -0.2) is 4.98 Å². The van der Waals surface area contributed by atoms with Crippen LogP contribution < -0.4 is 0 Å². The van der Waals surface area contributed by atoms with E-state index in [1.54, 1.807) is 18.3 Å². The highest BCUT2D eigenvalue weighted by molar-refractivity contribution is 9.10. The van der Waals surface area contributed by atoms with Gasteiger partial charge < -0.3 is 9.32 Å². The van der Waals surface area contributed by atoms with Crippen LogP contribution in [0.5, 0.6) is 0 Å². The van der Waals surface area contributed by atoms with Gasteiger partial charge >= 0.3 is 0 Å². The number of rotatable bonds is 4. The van der Waals surface area contributed by atoms with E-state index in [4.69, 9.17) is 4.42 Å². The third-order valence-corrected chi connectivity index (χ3v) is 3.81. The highest BCUT2D eigenvalue weighted by Gasteiger charge is 2.33. The maximum atomic E-state index is 12.6. The number of halogens is 1. The van der Waals surface area contributed by atoms with Gasteiger partial charge in [-0.15, -0.1) is 0 Å². The average molecular weight is 335 g/mol. The van der Waals surface area contributed by atoms with Gasteiger partial charge in [-0.1, -0.05) is 0 Å². The quantitative estimate of drug-likeness (QED) is 0.803. The standard InChI is InChI=1S/C15H15BrN2O2/c1-10-2-6-13(20-10)9-18(12-4-5-12)15(19)11-3-7-14(16)17-8-11/h2-3,6-8,12H,4-5,9H2,1H3. The van der Waals surface area contributed by atoms with Crippen LogP contribution in [0, 0.1) is 6.92 Å². The lowest BCUT2D eigenvalue weighted by Gasteiger charge is -2.21. The van der Waals surface area contributed by atoms with Crippen molar-refractivity contribution in [1.82, 2.24) is 9.88 Å². The number of hydrogen-bond donors (Lipinski definition) is 0. The summed E-state index contributed by atoms with van der Waals surface area (Å²) < 4.78 is 6.31. The fourth-order valence-electron chi connectivity index (χ4n) is 2.16. The number of aryl methyl sites for hydroxylation is 1. The monoisotopic (exact) mass is 334 g/mol. The van der Waals surface area contributed by atoms with Crippen LogP contribution >= 0.6 is 15.9 Å². The zero-order chi connectivity index (χ0) is 14.1. The Morgan fingerprint density at radius 2 is 2.20 bits per heavy atom. The lowest BCUT2D eigenvalue weighted by molar-refractivity contribution is 0.0716. The summed E-state index contributed by atoms with van der Waals surface area (Å²) in [4.78, 5) is 18.6. The molecule has 0 N–H and O–H groups in total. The third-order valence-electron chi connectivity index (χ3n) is 3.35. The van der Waals surface area contributed by atoms with E-state index in [1.807, 2.05) is 24.0 Å². The van der Waals surface area contributed by atoms with Crippen LogP contribution in [0.2, 0.25) is 0 Å². The normalized spacial score (nSPS) is 14.3. The van der Waals surface area contributed by atoms with E-state index in [9.17, 15) is 4.79 Å². The molecular formula is C15H15BrN2O2. The first-order chi connectivity index (χ1) is 9.63. The predicted octanol–water partition coefficient (Wildman–Crippen LogP) is 3.55. The molecule has 0 atom stereocenters. The van der Waals surface area contributed by atoms with Crippen LogP contribution in [-0.4, -0.2) is 21.8 Å². The van der Waals surface area contributed by atoms with E-state index >= 15 is 0 Å². The second-order valence-electron chi connectivity index (χ2n) is 5.05. The van der Waals surface area contributed by atoms with Gasteiger partial charge in [0.25, 0.3) is 5.91 Å². The molecule has 2 aromatic rings. The molecule has 1 aliphatic rings. The smallest absolute Gasteiger partial charge is 0.256 e. The van der Waals surface area contributed by atoms with Crippen molar-refractivity contribution in [3.63, 3.8) is 0 Å². The zero-order valence-electron chi connectivity index (χ0n) is 11.2. The second kappa shape index (κ2) is 5.40. The summed E-state index contributed by atoms with van der Waals surface area (Å²) in [7, 11) is 0. The van der Waals surface area contributed by atoms with Crippen molar-refractivity contribution in [3.8, 4) is 0 Å². The molecular weight excluding hydrogens is 320 g/mol. The molecule has 1 fully saturated rings. The van der Waals surface area contributed by atoms with Crippen molar-refractivity contribution >= 4 is 21.8 Å². The lowest BCUT2D eigenvalue weighted by Crippen LogP contribution is -2.32. The van der Waals surface area contributed by atoms with Crippen molar-refractivity contribution in [2.24, 2.45) is 0 Å². The molecule has 2 heterocycles. The van der Waals surface area contributed by atoms with Crippen molar-refractivity contribution in [3.05, 3.63) is 52.1 Å². The van der Waals surface area contributed by atoms with Gasteiger partial charge in [-0.2, -0.15) is 0 Å². The van der Waals surface area contributed by atoms with Crippen LogP contribution in [-0.2, 0) is 6.54 Å². The summed E-state index contributed by atoms with van der Waals surface area (Å²) in [5.41, 5.74) is 0.614. The van der Waals surface area contributed by atoms with E-state index in [2.05, 4.69) is 20.9 Å². The van der Waals surface area contributed by atoms with Crippen molar-refractivity contribution in [2.75, 3.05) is 0 Å². The van der Waals surface area contributed by atoms with E-state index in [1.165, 1.54) is 0 Å². The summed E-state index contributed by atoms with van der Waals surface area (Å²) >= 11 is 3.28. The Balaban J connectivity index is 1.79. The minimum absolute atomic E-state index is 0.0153. The Morgan fingerprint density at radius 3 is 2.75 bits per heavy atom. The van der Waals surface area contributed by atoms with Crippen LogP contribution in [0.25, 0.3) is 0 Å². The lowest BCUT2D eigenvalue weighted by atomic mass is 10.2. The average Bonchev–Trinajstić information content (AvgIpc) is 3.19. The van der Waals surface area contributed by atoms with Crippen LogP contribution in [0.4, 0.5) is 0 Å². The molecule has 0 bridgehead atoms. The Hall–Kier alpha value is -1.62. The molecule has 20 heavy (non-hydrogen) atoms. The molecule has 0 aliphatic heterocycles. The molecule has 0 radical (unpaired) electrons. The first-order valence-electron chi connectivity index (χ1n) is 6.61. The molecule has 104 valence electrons. The molecule has 2 aromatic heterocycles. The number of pyridine rings is 1. The van der Waals surface area contributed by atoms with Gasteiger partial charge in [0.15, 0.2) is 0 Å². The Kier molecular flexibility index (Phi) is 3.61. The summed E-state index contributed by atoms with van der Waals surface area (Å²) in [5, 5.41) is 0. The van der Waals surface area contributed by atoms with Crippen LogP contribution in [0.3, 0.4) is 0 Å². The highest BCUT2D eigenvalue weighted by atomic mass is 79.9. The minimum Gasteiger partial charge on any atom is -0.464 e. The summed E-state index contributed by atoms with van der Waals surface area (Å²) in [6.07, 6.45) is 3.74. The second-order valence-corrected chi connectivity index (χ2v) is 5.86. The van der Waals surface area contributed by atoms with Crippen LogP contribution in [0.15, 0.2) is 39.5 Å². The predicted molar refractivity (Wildman–Crippen MR) is 78.3 cm³/mol.